The van der Waals surface area contributed by atoms with E-state index in [1.54, 1.807) is 30.3 Å². The van der Waals surface area contributed by atoms with E-state index in [-0.39, 0.29) is 18.6 Å². The monoisotopic (exact) mass is 417 g/mol. The molecule has 3 aromatic carbocycles. The van der Waals surface area contributed by atoms with Crippen LogP contribution in [0.2, 0.25) is 0 Å². The second-order valence-corrected chi connectivity index (χ2v) is 7.32. The average Bonchev–Trinajstić information content (AvgIpc) is 3.26. The normalized spacial score (nSPS) is 11.7. The first-order valence-electron chi connectivity index (χ1n) is 9.86. The molecule has 0 unspecified atom stereocenters. The highest BCUT2D eigenvalue weighted by Crippen LogP contribution is 2.33. The summed E-state index contributed by atoms with van der Waals surface area (Å²) < 4.78 is 10.6. The number of carbonyl (C=O) groups excluding carboxylic acids is 2. The maximum atomic E-state index is 12.9. The fourth-order valence-corrected chi connectivity index (χ4v) is 3.30. The molecule has 2 amide bonds. The van der Waals surface area contributed by atoms with Crippen LogP contribution < -0.4 is 25.0 Å². The molecule has 0 bridgehead atoms. The Hall–Kier alpha value is -4.00. The number of anilines is 2. The fourth-order valence-electron chi connectivity index (χ4n) is 3.30. The molecule has 1 heterocycles. The first-order valence-corrected chi connectivity index (χ1v) is 9.86. The minimum absolute atomic E-state index is 0.147. The fraction of sp³-hybridized carbons (Fsp3) is 0.167. The molecule has 7 nitrogen and oxygen atoms in total. The van der Waals surface area contributed by atoms with E-state index < -0.39 is 0 Å². The predicted octanol–water partition coefficient (Wildman–Crippen LogP) is 3.66. The summed E-state index contributed by atoms with van der Waals surface area (Å²) in [6.07, 6.45) is 0. The molecule has 3 aromatic rings. The molecule has 1 aliphatic heterocycles. The van der Waals surface area contributed by atoms with Gasteiger partial charge in [-0.1, -0.05) is 30.3 Å². The van der Waals surface area contributed by atoms with Crippen LogP contribution in [0.5, 0.6) is 11.5 Å². The van der Waals surface area contributed by atoms with Gasteiger partial charge in [0.25, 0.3) is 11.8 Å². The molecule has 158 valence electrons. The highest BCUT2D eigenvalue weighted by molar-refractivity contribution is 6.06. The van der Waals surface area contributed by atoms with Crippen molar-refractivity contribution in [3.8, 4) is 11.5 Å². The van der Waals surface area contributed by atoms with Gasteiger partial charge in [-0.25, -0.2) is 0 Å². The quantitative estimate of drug-likeness (QED) is 0.640. The summed E-state index contributed by atoms with van der Waals surface area (Å²) in [6.45, 7) is 0.564. The third-order valence-electron chi connectivity index (χ3n) is 4.91. The van der Waals surface area contributed by atoms with E-state index in [2.05, 4.69) is 10.6 Å². The summed E-state index contributed by atoms with van der Waals surface area (Å²) in [4.78, 5) is 27.5. The van der Waals surface area contributed by atoms with Crippen LogP contribution in [0.1, 0.15) is 26.3 Å². The lowest BCUT2D eigenvalue weighted by molar-refractivity contribution is 0.0950. The largest absolute Gasteiger partial charge is 0.454 e. The third kappa shape index (κ3) is 4.61. The summed E-state index contributed by atoms with van der Waals surface area (Å²) in [5.41, 5.74) is 3.21. The van der Waals surface area contributed by atoms with E-state index in [0.29, 0.717) is 34.9 Å². The molecule has 4 rings (SSSR count). The summed E-state index contributed by atoms with van der Waals surface area (Å²) in [7, 11) is 3.74. The molecular weight excluding hydrogens is 394 g/mol. The predicted molar refractivity (Wildman–Crippen MR) is 119 cm³/mol. The van der Waals surface area contributed by atoms with Gasteiger partial charge in [-0.3, -0.25) is 9.59 Å². The van der Waals surface area contributed by atoms with Crippen LogP contribution in [0.25, 0.3) is 0 Å². The zero-order chi connectivity index (χ0) is 21.8. The Morgan fingerprint density at radius 2 is 1.68 bits per heavy atom. The Labute approximate surface area is 180 Å². The van der Waals surface area contributed by atoms with Gasteiger partial charge in [-0.15, -0.1) is 0 Å². The van der Waals surface area contributed by atoms with Gasteiger partial charge < -0.3 is 25.0 Å². The second-order valence-electron chi connectivity index (χ2n) is 7.32. The van der Waals surface area contributed by atoms with Crippen molar-refractivity contribution in [1.82, 2.24) is 5.32 Å². The van der Waals surface area contributed by atoms with Gasteiger partial charge in [0, 0.05) is 37.6 Å². The Kier molecular flexibility index (Phi) is 5.75. The van der Waals surface area contributed by atoms with Gasteiger partial charge in [0.15, 0.2) is 11.5 Å². The van der Waals surface area contributed by atoms with Crippen LogP contribution in [0.3, 0.4) is 0 Å². The number of ether oxygens (including phenoxy) is 2. The number of nitrogens with zero attached hydrogens (tertiary/aromatic N) is 1. The molecular formula is C24H23N3O4. The van der Waals surface area contributed by atoms with Crippen LogP contribution in [0.15, 0.2) is 66.7 Å². The minimum atomic E-state index is -0.299. The summed E-state index contributed by atoms with van der Waals surface area (Å²) in [6, 6.07) is 20.0. The smallest absolute Gasteiger partial charge is 0.255 e. The van der Waals surface area contributed by atoms with E-state index >= 15 is 0 Å². The molecule has 0 fully saturated rings. The SMILES string of the molecule is CN(C)c1ccc(NC(=O)c2ccc3c(c2)OCO3)cc1C(=O)NCc1ccccc1. The van der Waals surface area contributed by atoms with Crippen molar-refractivity contribution in [2.75, 3.05) is 31.1 Å². The van der Waals surface area contributed by atoms with Crippen molar-refractivity contribution in [2.24, 2.45) is 0 Å². The zero-order valence-electron chi connectivity index (χ0n) is 17.3. The number of hydrogen-bond donors (Lipinski definition) is 2. The molecule has 0 saturated carbocycles. The molecule has 7 heteroatoms. The zero-order valence-corrected chi connectivity index (χ0v) is 17.3. The maximum absolute atomic E-state index is 12.9. The highest BCUT2D eigenvalue weighted by atomic mass is 16.7. The van der Waals surface area contributed by atoms with Gasteiger partial charge >= 0.3 is 0 Å². The molecule has 2 N–H and O–H groups in total. The van der Waals surface area contributed by atoms with Gasteiger partial charge in [-0.05, 0) is 42.0 Å². The van der Waals surface area contributed by atoms with Crippen molar-refractivity contribution in [2.45, 2.75) is 6.54 Å². The first-order chi connectivity index (χ1) is 15.0. The lowest BCUT2D eigenvalue weighted by Crippen LogP contribution is -2.25. The van der Waals surface area contributed by atoms with E-state index in [9.17, 15) is 9.59 Å². The molecule has 0 aliphatic carbocycles. The second kappa shape index (κ2) is 8.79. The van der Waals surface area contributed by atoms with Gasteiger partial charge in [-0.2, -0.15) is 0 Å². The Bertz CT molecular complexity index is 1110. The van der Waals surface area contributed by atoms with E-state index in [1.165, 1.54) is 0 Å². The van der Waals surface area contributed by atoms with Gasteiger partial charge in [0.2, 0.25) is 6.79 Å². The lowest BCUT2D eigenvalue weighted by atomic mass is 10.1. The molecule has 0 aromatic heterocycles. The Morgan fingerprint density at radius 1 is 0.903 bits per heavy atom. The van der Waals surface area contributed by atoms with E-state index in [4.69, 9.17) is 9.47 Å². The van der Waals surface area contributed by atoms with Crippen LogP contribution >= 0.6 is 0 Å². The van der Waals surface area contributed by atoms with Gasteiger partial charge in [0.05, 0.1) is 5.56 Å². The van der Waals surface area contributed by atoms with Crippen LogP contribution in [0, 0.1) is 0 Å². The standard InChI is InChI=1S/C24H23N3O4/c1-27(2)20-10-9-18(13-19(20)24(29)25-14-16-6-4-3-5-7-16)26-23(28)17-8-11-21-22(12-17)31-15-30-21/h3-13H,14-15H2,1-2H3,(H,25,29)(H,26,28). The van der Waals surface area contributed by atoms with Crippen molar-refractivity contribution in [3.05, 3.63) is 83.4 Å². The minimum Gasteiger partial charge on any atom is -0.454 e. The number of nitrogens with one attached hydrogen (secondary N) is 2. The molecule has 1 aliphatic rings. The number of hydrogen-bond acceptors (Lipinski definition) is 5. The van der Waals surface area contributed by atoms with Crippen molar-refractivity contribution >= 4 is 23.2 Å². The van der Waals surface area contributed by atoms with Crippen LogP contribution in [-0.4, -0.2) is 32.7 Å². The van der Waals surface area contributed by atoms with Crippen LogP contribution in [-0.2, 0) is 6.54 Å². The van der Waals surface area contributed by atoms with E-state index in [0.717, 1.165) is 11.3 Å². The summed E-state index contributed by atoms with van der Waals surface area (Å²) >= 11 is 0. The number of amides is 2. The van der Waals surface area contributed by atoms with Crippen molar-refractivity contribution < 1.29 is 19.1 Å². The Morgan fingerprint density at radius 3 is 2.45 bits per heavy atom. The topological polar surface area (TPSA) is 79.9 Å². The van der Waals surface area contributed by atoms with Crippen LogP contribution in [0.4, 0.5) is 11.4 Å². The maximum Gasteiger partial charge on any atom is 0.255 e. The molecule has 0 saturated heterocycles. The van der Waals surface area contributed by atoms with Gasteiger partial charge in [0.1, 0.15) is 0 Å². The van der Waals surface area contributed by atoms with Crippen molar-refractivity contribution in [1.29, 1.82) is 0 Å². The van der Waals surface area contributed by atoms with E-state index in [1.807, 2.05) is 55.4 Å². The number of carbonyl (C=O) groups is 2. The van der Waals surface area contributed by atoms with Crippen molar-refractivity contribution in [3.63, 3.8) is 0 Å². The number of fused-ring (bicyclic) bond motifs is 1. The molecule has 0 atom stereocenters. The highest BCUT2D eigenvalue weighted by Gasteiger charge is 2.18. The molecule has 31 heavy (non-hydrogen) atoms. The summed E-state index contributed by atoms with van der Waals surface area (Å²) in [5, 5.41) is 5.79. The molecule has 0 radical (unpaired) electrons. The molecule has 0 spiro atoms. The first kappa shape index (κ1) is 20.3. The Balaban J connectivity index is 1.52. The average molecular weight is 417 g/mol. The summed E-state index contributed by atoms with van der Waals surface area (Å²) in [5.74, 6) is 0.638. The number of benzene rings is 3. The third-order valence-corrected chi connectivity index (χ3v) is 4.91. The lowest BCUT2D eigenvalue weighted by Gasteiger charge is -2.18. The number of rotatable bonds is 6.